The maximum Gasteiger partial charge on any atom is 0.273 e. The molecule has 2 aliphatic carbocycles. The summed E-state index contributed by atoms with van der Waals surface area (Å²) >= 11 is 39.2. The van der Waals surface area contributed by atoms with Crippen LogP contribution in [0.4, 0.5) is 5.69 Å². The number of non-ortho nitro benzene ring substituents is 1. The molecule has 1 saturated carbocycles. The number of hydrazine groups is 1. The van der Waals surface area contributed by atoms with Gasteiger partial charge in [-0.1, -0.05) is 82.3 Å². The minimum Gasteiger partial charge on any atom is -0.292 e. The van der Waals surface area contributed by atoms with Crippen molar-refractivity contribution in [1.29, 1.82) is 0 Å². The number of Topliss-reactive ketones (excluding diaryl/α,β-unsaturated/α-hetero) is 1. The molecule has 5 rings (SSSR count). The van der Waals surface area contributed by atoms with Gasteiger partial charge in [0, 0.05) is 23.3 Å². The number of nitro groups is 1. The Balaban J connectivity index is 1.61. The van der Waals surface area contributed by atoms with Crippen molar-refractivity contribution in [2.45, 2.75) is 21.0 Å². The number of rotatable bonds is 6. The van der Waals surface area contributed by atoms with E-state index in [9.17, 15) is 29.3 Å². The summed E-state index contributed by atoms with van der Waals surface area (Å²) in [6.07, 6.45) is 0. The number of alkyl halides is 4. The molecule has 1 aliphatic heterocycles. The Morgan fingerprint density at radius 3 is 1.95 bits per heavy atom. The van der Waals surface area contributed by atoms with E-state index < -0.39 is 66.6 Å². The molecule has 2 aromatic rings. The zero-order valence-corrected chi connectivity index (χ0v) is 24.6. The molecule has 4 atom stereocenters. The number of nitrogens with zero attached hydrogens (tertiary/aromatic N) is 3. The molecule has 208 valence electrons. The molecule has 2 bridgehead atoms. The monoisotopic (exact) mass is 663 g/mol. The lowest BCUT2D eigenvalue weighted by Crippen LogP contribution is -2.56. The number of carbonyl (C=O) groups is 4. The van der Waals surface area contributed by atoms with Crippen molar-refractivity contribution < 1.29 is 24.1 Å². The molecule has 9 nitrogen and oxygen atoms in total. The van der Waals surface area contributed by atoms with Gasteiger partial charge in [-0.15, -0.1) is 23.2 Å². The van der Waals surface area contributed by atoms with Crippen LogP contribution in [0, 0.1) is 28.9 Å². The Labute approximate surface area is 256 Å². The van der Waals surface area contributed by atoms with Crippen LogP contribution in [0.15, 0.2) is 58.6 Å². The number of halogens is 6. The molecule has 15 heteroatoms. The van der Waals surface area contributed by atoms with Gasteiger partial charge < -0.3 is 0 Å². The Morgan fingerprint density at radius 2 is 1.45 bits per heavy atom. The Kier molecular flexibility index (Phi) is 6.97. The van der Waals surface area contributed by atoms with Gasteiger partial charge in [-0.25, -0.2) is 5.01 Å². The van der Waals surface area contributed by atoms with Crippen molar-refractivity contribution >= 4 is 98.8 Å². The number of nitro benzene ring substituents is 1. The molecule has 40 heavy (non-hydrogen) atoms. The maximum atomic E-state index is 13.9. The number of carbonyl (C=O) groups excluding carboxylic acids is 4. The van der Waals surface area contributed by atoms with Gasteiger partial charge in [-0.2, -0.15) is 5.01 Å². The highest BCUT2D eigenvalue weighted by molar-refractivity contribution is 6.66. The predicted molar refractivity (Wildman–Crippen MR) is 149 cm³/mol. The van der Waals surface area contributed by atoms with Crippen LogP contribution in [0.25, 0.3) is 0 Å². The molecule has 0 N–H and O–H groups in total. The van der Waals surface area contributed by atoms with E-state index in [1.165, 1.54) is 24.3 Å². The highest BCUT2D eigenvalue weighted by Crippen LogP contribution is 2.77. The third-order valence-electron chi connectivity index (χ3n) is 7.33. The molecule has 0 spiro atoms. The largest absolute Gasteiger partial charge is 0.292 e. The van der Waals surface area contributed by atoms with Crippen LogP contribution < -0.4 is 0 Å². The third kappa shape index (κ3) is 3.68. The van der Waals surface area contributed by atoms with E-state index in [0.29, 0.717) is 10.0 Å². The number of hydrogen-bond acceptors (Lipinski definition) is 6. The van der Waals surface area contributed by atoms with E-state index in [2.05, 4.69) is 0 Å². The van der Waals surface area contributed by atoms with Gasteiger partial charge in [0.15, 0.2) is 10.1 Å². The van der Waals surface area contributed by atoms with Crippen molar-refractivity contribution in [1.82, 2.24) is 10.0 Å². The zero-order valence-electron chi connectivity index (χ0n) is 20.0. The molecule has 3 amide bonds. The summed E-state index contributed by atoms with van der Waals surface area (Å²) in [5.41, 5.74) is 0.338. The van der Waals surface area contributed by atoms with Gasteiger partial charge in [0.1, 0.15) is 16.3 Å². The summed E-state index contributed by atoms with van der Waals surface area (Å²) in [4.78, 5) is 61.2. The zero-order chi connectivity index (χ0) is 29.5. The first-order chi connectivity index (χ1) is 18.6. The Bertz CT molecular complexity index is 1520. The van der Waals surface area contributed by atoms with E-state index in [1.54, 1.807) is 12.1 Å². The van der Waals surface area contributed by atoms with Gasteiger partial charge in [0.25, 0.3) is 23.4 Å². The first-order valence-corrected chi connectivity index (χ1v) is 13.7. The first kappa shape index (κ1) is 29.1. The van der Waals surface area contributed by atoms with Crippen molar-refractivity contribution in [2.24, 2.45) is 11.8 Å². The number of amides is 3. The summed E-state index contributed by atoms with van der Waals surface area (Å²) in [6, 6.07) is 10.9. The fourth-order valence-electron chi connectivity index (χ4n) is 5.32. The molecule has 1 heterocycles. The second kappa shape index (κ2) is 9.58. The van der Waals surface area contributed by atoms with Crippen LogP contribution in [0.2, 0.25) is 0 Å². The summed E-state index contributed by atoms with van der Waals surface area (Å²) in [5, 5.41) is 11.7. The average molecular weight is 666 g/mol. The predicted octanol–water partition coefficient (Wildman–Crippen LogP) is 5.59. The molecule has 2 aromatic carbocycles. The van der Waals surface area contributed by atoms with Crippen LogP contribution in [0.5, 0.6) is 0 Å². The molecule has 1 saturated heterocycles. The maximum absolute atomic E-state index is 13.9. The molecule has 0 unspecified atom stereocenters. The number of imide groups is 1. The van der Waals surface area contributed by atoms with Crippen molar-refractivity contribution in [3.05, 3.63) is 85.4 Å². The van der Waals surface area contributed by atoms with E-state index in [0.717, 1.165) is 17.7 Å². The smallest absolute Gasteiger partial charge is 0.273 e. The fraction of sp³-hybridized carbons (Fsp3) is 0.280. The van der Waals surface area contributed by atoms with E-state index >= 15 is 0 Å². The standard InChI is InChI=1S/C25H15Cl6N3O6/c1-11-5-7-12(8-6-11)15(35)10-32(20(36)13-3-2-4-14(9-13)34(39)40)33-21(37)16-17(22(33)38)24(29)19(27)18(26)23(16,28)25(24,30)31/h2-9,16-17H,10H2,1H3/t16-,17-,23-,24-/m1/s1. The van der Waals surface area contributed by atoms with Gasteiger partial charge in [0.2, 0.25) is 0 Å². The normalized spacial score (nSPS) is 28.2. The van der Waals surface area contributed by atoms with Gasteiger partial charge in [-0.3, -0.25) is 29.3 Å². The number of allylic oxidation sites excluding steroid dienone is 2. The van der Waals surface area contributed by atoms with E-state index in [-0.39, 0.29) is 21.2 Å². The van der Waals surface area contributed by atoms with Crippen LogP contribution in [-0.4, -0.2) is 59.1 Å². The Hall–Kier alpha value is -2.40. The molecule has 2 fully saturated rings. The van der Waals surface area contributed by atoms with Crippen LogP contribution in [0.3, 0.4) is 0 Å². The summed E-state index contributed by atoms with van der Waals surface area (Å²) in [5.74, 6) is -6.93. The lowest BCUT2D eigenvalue weighted by Gasteiger charge is -2.36. The first-order valence-electron chi connectivity index (χ1n) is 11.5. The highest BCUT2D eigenvalue weighted by atomic mass is 35.5. The van der Waals surface area contributed by atoms with Crippen molar-refractivity contribution in [3.8, 4) is 0 Å². The number of aryl methyl sites for hydroxylation is 1. The second-order valence-corrected chi connectivity index (χ2v) is 12.8. The SMILES string of the molecule is Cc1ccc(C(=O)CN(C(=O)c2cccc([N+](=O)[O-])c2)N2C(=O)[C@H]3[C@H](C2=O)[C@@]2(Cl)C(Cl)=C(Cl)[C@@]3(Cl)C2(Cl)Cl)cc1. The molecule has 0 radical (unpaired) electrons. The summed E-state index contributed by atoms with van der Waals surface area (Å²) in [6.45, 7) is 1.01. The third-order valence-corrected chi connectivity index (χ3v) is 11.6. The molecule has 0 aromatic heterocycles. The van der Waals surface area contributed by atoms with Gasteiger partial charge in [-0.05, 0) is 13.0 Å². The minimum atomic E-state index is -2.20. The highest BCUT2D eigenvalue weighted by Gasteiger charge is 2.88. The number of ketones is 1. The average Bonchev–Trinajstić information content (AvgIpc) is 3.30. The van der Waals surface area contributed by atoms with Crippen LogP contribution in [-0.2, 0) is 9.59 Å². The minimum absolute atomic E-state index is 0.178. The van der Waals surface area contributed by atoms with Gasteiger partial charge in [0.05, 0.1) is 26.8 Å². The van der Waals surface area contributed by atoms with Crippen molar-refractivity contribution in [3.63, 3.8) is 0 Å². The topological polar surface area (TPSA) is 118 Å². The number of hydrogen-bond donors (Lipinski definition) is 0. The second-order valence-electron chi connectivity index (χ2n) is 9.53. The molecule has 3 aliphatic rings. The van der Waals surface area contributed by atoms with Gasteiger partial charge >= 0.3 is 0 Å². The number of benzene rings is 2. The Morgan fingerprint density at radius 1 is 0.925 bits per heavy atom. The lowest BCUT2D eigenvalue weighted by atomic mass is 9.84. The van der Waals surface area contributed by atoms with Crippen LogP contribution in [0.1, 0.15) is 26.3 Å². The number of fused-ring (bicyclic) bond motifs is 5. The molecular weight excluding hydrogens is 651 g/mol. The molecular formula is C25H15Cl6N3O6. The van der Waals surface area contributed by atoms with Crippen molar-refractivity contribution in [2.75, 3.05) is 6.54 Å². The summed E-state index contributed by atoms with van der Waals surface area (Å²) in [7, 11) is 0. The van der Waals surface area contributed by atoms with E-state index in [4.69, 9.17) is 69.6 Å². The summed E-state index contributed by atoms with van der Waals surface area (Å²) < 4.78 is -2.20. The fourth-order valence-corrected chi connectivity index (χ4v) is 8.25. The quantitative estimate of drug-likeness (QED) is 0.131. The van der Waals surface area contributed by atoms with Crippen LogP contribution >= 0.6 is 69.6 Å². The van der Waals surface area contributed by atoms with E-state index in [1.807, 2.05) is 6.92 Å². The lowest BCUT2D eigenvalue weighted by molar-refractivity contribution is -0.384.